The van der Waals surface area contributed by atoms with E-state index in [-0.39, 0.29) is 0 Å². The van der Waals surface area contributed by atoms with E-state index in [2.05, 4.69) is 17.3 Å². The summed E-state index contributed by atoms with van der Waals surface area (Å²) >= 11 is 1.59. The smallest absolute Gasteiger partial charge is 0.0904 e. The maximum Gasteiger partial charge on any atom is 0.0904 e. The van der Waals surface area contributed by atoms with E-state index in [1.54, 1.807) is 11.3 Å². The molecule has 1 aromatic heterocycles. The molecule has 0 aliphatic rings. The largest absolute Gasteiger partial charge is 0.246 e. The van der Waals surface area contributed by atoms with Crippen LogP contribution in [0.3, 0.4) is 0 Å². The molecule has 0 saturated carbocycles. The third-order valence-electron chi connectivity index (χ3n) is 0.944. The summed E-state index contributed by atoms with van der Waals surface area (Å²) in [6.07, 6.45) is 1.00. The first-order valence-electron chi connectivity index (χ1n) is 2.67. The Morgan fingerprint density at radius 1 is 1.75 bits per heavy atom. The fourth-order valence-electron chi connectivity index (χ4n) is 0.520. The summed E-state index contributed by atoms with van der Waals surface area (Å²) < 4.78 is 0. The molecule has 0 aliphatic carbocycles. The third kappa shape index (κ3) is 1.07. The summed E-state index contributed by atoms with van der Waals surface area (Å²) in [6, 6.07) is 0. The van der Waals surface area contributed by atoms with E-state index in [0.29, 0.717) is 0 Å². The highest BCUT2D eigenvalue weighted by molar-refractivity contribution is 7.09. The van der Waals surface area contributed by atoms with Crippen molar-refractivity contribution in [3.8, 4) is 0 Å². The Morgan fingerprint density at radius 2 is 2.50 bits per heavy atom. The lowest BCUT2D eigenvalue weighted by Crippen LogP contribution is -1.77. The van der Waals surface area contributed by atoms with Crippen molar-refractivity contribution in [3.63, 3.8) is 0 Å². The first kappa shape index (κ1) is 5.76. The number of aryl methyl sites for hydroxylation is 2. The van der Waals surface area contributed by atoms with Crippen LogP contribution in [0.25, 0.3) is 0 Å². The predicted octanol–water partition coefficient (Wildman–Crippen LogP) is 1.81. The zero-order valence-electron chi connectivity index (χ0n) is 5.06. The quantitative estimate of drug-likeness (QED) is 0.559. The molecule has 1 nitrogen and oxygen atoms in total. The molecule has 0 unspecified atom stereocenters. The van der Waals surface area contributed by atoms with E-state index < -0.39 is 0 Å². The van der Waals surface area contributed by atoms with Crippen LogP contribution < -0.4 is 0 Å². The van der Waals surface area contributed by atoms with Gasteiger partial charge < -0.3 is 0 Å². The van der Waals surface area contributed by atoms with Crippen LogP contribution in [-0.2, 0) is 6.42 Å². The van der Waals surface area contributed by atoms with Gasteiger partial charge in [-0.05, 0) is 13.3 Å². The van der Waals surface area contributed by atoms with Crippen LogP contribution in [0.5, 0.6) is 0 Å². The Bertz CT molecular complexity index is 169. The fraction of sp³-hybridized carbons (Fsp3) is 0.500. The summed E-state index contributed by atoms with van der Waals surface area (Å²) in [7, 11) is 0. The predicted molar refractivity (Wildman–Crippen MR) is 35.1 cm³/mol. The van der Waals surface area contributed by atoms with Crippen molar-refractivity contribution < 1.29 is 0 Å². The summed E-state index contributed by atoms with van der Waals surface area (Å²) in [6.45, 7) is 4.09. The molecule has 0 aliphatic heterocycles. The maximum absolute atomic E-state index is 4.19. The van der Waals surface area contributed by atoms with E-state index in [9.17, 15) is 0 Å². The molecule has 0 aromatic carbocycles. The summed E-state index contributed by atoms with van der Waals surface area (Å²) in [5.74, 6) is 0. The second-order valence-corrected chi connectivity index (χ2v) is 2.63. The fourth-order valence-corrected chi connectivity index (χ4v) is 1.13. The first-order chi connectivity index (χ1) is 3.83. The van der Waals surface area contributed by atoms with Crippen molar-refractivity contribution in [2.75, 3.05) is 0 Å². The van der Waals surface area contributed by atoms with Crippen molar-refractivity contribution in [2.45, 2.75) is 20.3 Å². The molecule has 0 fully saturated rings. The Labute approximate surface area is 53.4 Å². The molecule has 43 valence electrons. The molecule has 0 N–H and O–H groups in total. The van der Waals surface area contributed by atoms with Gasteiger partial charge in [-0.1, -0.05) is 6.92 Å². The summed E-state index contributed by atoms with van der Waals surface area (Å²) in [5, 5.41) is 4.20. The first-order valence-corrected chi connectivity index (χ1v) is 3.48. The van der Waals surface area contributed by atoms with Crippen molar-refractivity contribution in [1.29, 1.82) is 0 Å². The van der Waals surface area contributed by atoms with Gasteiger partial charge >= 0.3 is 0 Å². The average Bonchev–Trinajstić information content (AvgIpc) is 2.14. The molecular weight excluding hydrogens is 118 g/mol. The lowest BCUT2D eigenvalue weighted by Gasteiger charge is -1.78. The van der Waals surface area contributed by atoms with E-state index in [1.807, 2.05) is 6.92 Å². The van der Waals surface area contributed by atoms with Crippen LogP contribution in [-0.4, -0.2) is 4.98 Å². The normalized spacial score (nSPS) is 9.75. The number of thiazole rings is 1. The van der Waals surface area contributed by atoms with Crippen molar-refractivity contribution in [3.05, 3.63) is 16.1 Å². The molecule has 0 amide bonds. The monoisotopic (exact) mass is 126 g/mol. The number of hydrogen-bond donors (Lipinski definition) is 0. The Balaban J connectivity index is 2.84. The van der Waals surface area contributed by atoms with E-state index in [1.165, 1.54) is 0 Å². The molecular formula is C6H8NS. The minimum absolute atomic E-state index is 1.00. The SMILES string of the molecule is CCc1[c]sc(C)n1. The highest BCUT2D eigenvalue weighted by Crippen LogP contribution is 2.05. The topological polar surface area (TPSA) is 12.9 Å². The minimum atomic E-state index is 1.00. The standard InChI is InChI=1S/C6H8NS/c1-3-6-4-8-5(2)7-6/h3H2,1-2H3. The van der Waals surface area contributed by atoms with Gasteiger partial charge in [0, 0.05) is 0 Å². The molecule has 0 atom stereocenters. The van der Waals surface area contributed by atoms with Gasteiger partial charge in [-0.2, -0.15) is 0 Å². The second kappa shape index (κ2) is 2.27. The molecule has 0 spiro atoms. The van der Waals surface area contributed by atoms with E-state index >= 15 is 0 Å². The van der Waals surface area contributed by atoms with Crippen LogP contribution in [0.15, 0.2) is 0 Å². The molecule has 0 bridgehead atoms. The van der Waals surface area contributed by atoms with Gasteiger partial charge in [0.05, 0.1) is 16.1 Å². The lowest BCUT2D eigenvalue weighted by atomic mass is 10.4. The molecule has 1 radical (unpaired) electrons. The number of rotatable bonds is 1. The van der Waals surface area contributed by atoms with Crippen molar-refractivity contribution >= 4 is 11.3 Å². The molecule has 1 aromatic rings. The van der Waals surface area contributed by atoms with Crippen LogP contribution in [0.1, 0.15) is 17.6 Å². The van der Waals surface area contributed by atoms with Gasteiger partial charge in [-0.15, -0.1) is 11.3 Å². The summed E-state index contributed by atoms with van der Waals surface area (Å²) in [5.41, 5.74) is 1.09. The average molecular weight is 126 g/mol. The van der Waals surface area contributed by atoms with Crippen LogP contribution in [0.2, 0.25) is 0 Å². The van der Waals surface area contributed by atoms with Crippen LogP contribution in [0, 0.1) is 12.3 Å². The van der Waals surface area contributed by atoms with Gasteiger partial charge in [0.2, 0.25) is 0 Å². The van der Waals surface area contributed by atoms with Crippen molar-refractivity contribution in [1.82, 2.24) is 4.98 Å². The van der Waals surface area contributed by atoms with Crippen LogP contribution >= 0.6 is 11.3 Å². The Hall–Kier alpha value is -0.370. The Morgan fingerprint density at radius 3 is 2.75 bits per heavy atom. The number of nitrogens with zero attached hydrogens (tertiary/aromatic N) is 1. The zero-order chi connectivity index (χ0) is 5.98. The zero-order valence-corrected chi connectivity index (χ0v) is 5.88. The number of aromatic nitrogens is 1. The minimum Gasteiger partial charge on any atom is -0.246 e. The molecule has 8 heavy (non-hydrogen) atoms. The van der Waals surface area contributed by atoms with Gasteiger partial charge in [-0.3, -0.25) is 0 Å². The van der Waals surface area contributed by atoms with Gasteiger partial charge in [0.25, 0.3) is 0 Å². The molecule has 2 heteroatoms. The second-order valence-electron chi connectivity index (χ2n) is 1.64. The third-order valence-corrected chi connectivity index (χ3v) is 1.67. The maximum atomic E-state index is 4.19. The molecule has 1 rings (SSSR count). The van der Waals surface area contributed by atoms with Gasteiger partial charge in [0.1, 0.15) is 0 Å². The number of hydrogen-bond acceptors (Lipinski definition) is 2. The van der Waals surface area contributed by atoms with E-state index in [4.69, 9.17) is 0 Å². The van der Waals surface area contributed by atoms with Crippen LogP contribution in [0.4, 0.5) is 0 Å². The molecule has 1 heterocycles. The van der Waals surface area contributed by atoms with E-state index in [0.717, 1.165) is 17.1 Å². The van der Waals surface area contributed by atoms with Gasteiger partial charge in [-0.25, -0.2) is 4.98 Å². The van der Waals surface area contributed by atoms with Gasteiger partial charge in [0.15, 0.2) is 0 Å². The summed E-state index contributed by atoms with van der Waals surface area (Å²) in [4.78, 5) is 4.19. The lowest BCUT2D eigenvalue weighted by molar-refractivity contribution is 1.04. The highest BCUT2D eigenvalue weighted by Gasteiger charge is 1.92. The van der Waals surface area contributed by atoms with Crippen molar-refractivity contribution in [2.24, 2.45) is 0 Å². The Kier molecular flexibility index (Phi) is 1.63. The highest BCUT2D eigenvalue weighted by atomic mass is 32.1. The molecule has 0 saturated heterocycles.